The van der Waals surface area contributed by atoms with Crippen molar-refractivity contribution in [2.24, 2.45) is 23.7 Å². The third-order valence-electron chi connectivity index (χ3n) is 3.03. The van der Waals surface area contributed by atoms with Crippen molar-refractivity contribution in [3.05, 3.63) is 19.6 Å². The van der Waals surface area contributed by atoms with Crippen LogP contribution in [0.2, 0.25) is 0 Å². The normalized spacial score (nSPS) is 41.6. The predicted octanol–water partition coefficient (Wildman–Crippen LogP) is 3.30. The van der Waals surface area contributed by atoms with E-state index >= 15 is 0 Å². The van der Waals surface area contributed by atoms with Crippen LogP contribution in [-0.2, 0) is 32.7 Å². The standard InChI is InChI=1S/C11H19.Y/c1-5-11-7-8(2)6-9(3)10(11)4;/h5,8-11H,1,4,6-7H2,2-3H3;/q-1;. The zero-order valence-corrected chi connectivity index (χ0v) is 11.1. The Kier molecular flexibility index (Phi) is 5.94. The number of rotatable bonds is 1. The van der Waals surface area contributed by atoms with Gasteiger partial charge in [-0.25, -0.2) is 0 Å². The van der Waals surface area contributed by atoms with Crippen LogP contribution >= 0.6 is 0 Å². The van der Waals surface area contributed by atoms with Gasteiger partial charge < -0.3 is 6.92 Å². The summed E-state index contributed by atoms with van der Waals surface area (Å²) in [5.74, 6) is 2.91. The number of hydrogen-bond donors (Lipinski definition) is 0. The molecule has 0 aromatic carbocycles. The fraction of sp³-hybridized carbons (Fsp3) is 0.727. The van der Waals surface area contributed by atoms with Gasteiger partial charge in [0.05, 0.1) is 0 Å². The second-order valence-electron chi connectivity index (χ2n) is 4.12. The van der Waals surface area contributed by atoms with E-state index < -0.39 is 0 Å². The van der Waals surface area contributed by atoms with Crippen molar-refractivity contribution in [2.45, 2.75) is 26.7 Å². The first-order valence-corrected chi connectivity index (χ1v) is 4.60. The average Bonchev–Trinajstić information content (AvgIpc) is 1.96. The van der Waals surface area contributed by atoms with Gasteiger partial charge in [-0.3, -0.25) is 0 Å². The molecule has 1 aliphatic rings. The summed E-state index contributed by atoms with van der Waals surface area (Å²) in [6.45, 7) is 12.7. The van der Waals surface area contributed by atoms with Crippen molar-refractivity contribution in [1.82, 2.24) is 0 Å². The summed E-state index contributed by atoms with van der Waals surface area (Å²) in [5.41, 5.74) is 0. The number of hydrogen-bond acceptors (Lipinski definition) is 0. The summed E-state index contributed by atoms with van der Waals surface area (Å²) in [6, 6.07) is 0. The predicted molar refractivity (Wildman–Crippen MR) is 50.1 cm³/mol. The van der Waals surface area contributed by atoms with Gasteiger partial charge in [-0.05, 0) is 18.3 Å². The van der Waals surface area contributed by atoms with Gasteiger partial charge in [0.1, 0.15) is 0 Å². The first-order valence-electron chi connectivity index (χ1n) is 4.60. The summed E-state index contributed by atoms with van der Waals surface area (Å²) in [5, 5.41) is 0. The van der Waals surface area contributed by atoms with E-state index in [9.17, 15) is 0 Å². The van der Waals surface area contributed by atoms with E-state index in [0.717, 1.165) is 11.8 Å². The fourth-order valence-electron chi connectivity index (χ4n) is 2.24. The molecule has 4 unspecified atom stereocenters. The molecule has 4 atom stereocenters. The zero-order valence-electron chi connectivity index (χ0n) is 8.29. The van der Waals surface area contributed by atoms with Crippen LogP contribution in [0, 0.1) is 30.6 Å². The Morgan fingerprint density at radius 2 is 1.92 bits per heavy atom. The molecular formula is C11H19Y-. The monoisotopic (exact) mass is 240 g/mol. The third kappa shape index (κ3) is 2.96. The van der Waals surface area contributed by atoms with E-state index in [2.05, 4.69) is 33.4 Å². The zero-order chi connectivity index (χ0) is 8.43. The van der Waals surface area contributed by atoms with Crippen molar-refractivity contribution >= 4 is 0 Å². The summed E-state index contributed by atoms with van der Waals surface area (Å²) in [6.07, 6.45) is 4.73. The van der Waals surface area contributed by atoms with E-state index in [4.69, 9.17) is 0 Å². The molecule has 0 aliphatic heterocycles. The Hall–Kier alpha value is 0.844. The molecule has 0 aromatic rings. The minimum absolute atomic E-state index is 0. The number of allylic oxidation sites excluding steroid dienone is 1. The van der Waals surface area contributed by atoms with Crippen molar-refractivity contribution in [3.8, 4) is 0 Å². The molecule has 0 bridgehead atoms. The van der Waals surface area contributed by atoms with Gasteiger partial charge in [-0.2, -0.15) is 5.92 Å². The molecule has 0 nitrogen and oxygen atoms in total. The Morgan fingerprint density at radius 3 is 2.42 bits per heavy atom. The van der Waals surface area contributed by atoms with Crippen molar-refractivity contribution in [3.63, 3.8) is 0 Å². The molecule has 0 saturated heterocycles. The Bertz CT molecular complexity index is 142. The molecule has 0 heterocycles. The second-order valence-corrected chi connectivity index (χ2v) is 4.12. The van der Waals surface area contributed by atoms with E-state index in [1.165, 1.54) is 12.8 Å². The Labute approximate surface area is 102 Å². The molecule has 12 heavy (non-hydrogen) atoms. The molecule has 67 valence electrons. The van der Waals surface area contributed by atoms with Crippen LogP contribution in [0.5, 0.6) is 0 Å². The molecular weight excluding hydrogens is 221 g/mol. The van der Waals surface area contributed by atoms with Gasteiger partial charge in [-0.1, -0.05) is 32.3 Å². The van der Waals surface area contributed by atoms with Crippen LogP contribution in [0.3, 0.4) is 0 Å². The first-order chi connectivity index (χ1) is 5.15. The fourth-order valence-corrected chi connectivity index (χ4v) is 2.24. The maximum Gasteiger partial charge on any atom is 0 e. The SMILES string of the molecule is C=CC1CC(C)CC(C)C1[CH2-].[Y]. The average molecular weight is 240 g/mol. The van der Waals surface area contributed by atoms with E-state index in [0.29, 0.717) is 11.8 Å². The minimum atomic E-state index is 0. The molecule has 1 rings (SSSR count). The molecule has 1 heteroatoms. The molecule has 0 spiro atoms. The molecule has 1 saturated carbocycles. The summed E-state index contributed by atoms with van der Waals surface area (Å²) in [4.78, 5) is 0. The van der Waals surface area contributed by atoms with Crippen LogP contribution in [0.25, 0.3) is 0 Å². The van der Waals surface area contributed by atoms with Crippen LogP contribution < -0.4 is 0 Å². The van der Waals surface area contributed by atoms with Crippen molar-refractivity contribution in [2.75, 3.05) is 0 Å². The van der Waals surface area contributed by atoms with Crippen LogP contribution in [0.1, 0.15) is 26.7 Å². The topological polar surface area (TPSA) is 0 Å². The van der Waals surface area contributed by atoms with Gasteiger partial charge in [0.2, 0.25) is 0 Å². The Morgan fingerprint density at radius 1 is 1.33 bits per heavy atom. The smallest absolute Gasteiger partial charge is 0 e. The van der Waals surface area contributed by atoms with Crippen LogP contribution in [0.4, 0.5) is 0 Å². The maximum absolute atomic E-state index is 4.19. The Balaban J connectivity index is 0.00000121. The van der Waals surface area contributed by atoms with Gasteiger partial charge >= 0.3 is 0 Å². The summed E-state index contributed by atoms with van der Waals surface area (Å²) >= 11 is 0. The largest absolute Gasteiger partial charge is 0.339 e. The van der Waals surface area contributed by atoms with Crippen LogP contribution in [0.15, 0.2) is 12.7 Å². The first kappa shape index (κ1) is 12.8. The molecule has 1 aliphatic carbocycles. The molecule has 1 fully saturated rings. The van der Waals surface area contributed by atoms with E-state index in [1.807, 2.05) is 0 Å². The summed E-state index contributed by atoms with van der Waals surface area (Å²) in [7, 11) is 0. The van der Waals surface area contributed by atoms with Crippen molar-refractivity contribution in [1.29, 1.82) is 0 Å². The van der Waals surface area contributed by atoms with Gasteiger partial charge in [0.25, 0.3) is 0 Å². The van der Waals surface area contributed by atoms with Crippen molar-refractivity contribution < 1.29 is 32.7 Å². The van der Waals surface area contributed by atoms with Gasteiger partial charge in [0.15, 0.2) is 0 Å². The second kappa shape index (κ2) is 5.55. The van der Waals surface area contributed by atoms with E-state index in [-0.39, 0.29) is 32.7 Å². The molecule has 0 aromatic heterocycles. The quantitative estimate of drug-likeness (QED) is 0.487. The summed E-state index contributed by atoms with van der Waals surface area (Å²) < 4.78 is 0. The third-order valence-corrected chi connectivity index (χ3v) is 3.03. The van der Waals surface area contributed by atoms with Gasteiger partial charge in [-0.15, -0.1) is 6.58 Å². The maximum atomic E-state index is 4.19. The van der Waals surface area contributed by atoms with Gasteiger partial charge in [0, 0.05) is 32.7 Å². The van der Waals surface area contributed by atoms with Crippen LogP contribution in [-0.4, -0.2) is 0 Å². The molecule has 0 amide bonds. The minimum Gasteiger partial charge on any atom is -0.339 e. The molecule has 0 N–H and O–H groups in total. The molecule has 1 radical (unpaired) electrons. The van der Waals surface area contributed by atoms with E-state index in [1.54, 1.807) is 0 Å².